The predicted molar refractivity (Wildman–Crippen MR) is 52.7 cm³/mol. The summed E-state index contributed by atoms with van der Waals surface area (Å²) in [5, 5.41) is -0.259. The van der Waals surface area contributed by atoms with Crippen LogP contribution in [0.15, 0.2) is 30.3 Å². The Kier molecular flexibility index (Phi) is 2.27. The van der Waals surface area contributed by atoms with E-state index in [0.29, 0.717) is 6.42 Å². The zero-order chi connectivity index (χ0) is 9.26. The van der Waals surface area contributed by atoms with Gasteiger partial charge in [-0.15, -0.1) is 0 Å². The third kappa shape index (κ3) is 1.70. The van der Waals surface area contributed by atoms with Gasteiger partial charge in [-0.05, 0) is 5.56 Å². The molecule has 3 heteroatoms. The van der Waals surface area contributed by atoms with Crippen molar-refractivity contribution in [3.8, 4) is 0 Å². The second kappa shape index (κ2) is 3.42. The van der Waals surface area contributed by atoms with Crippen LogP contribution >= 0.6 is 12.6 Å². The molecule has 2 atom stereocenters. The van der Waals surface area contributed by atoms with Crippen molar-refractivity contribution in [3.05, 3.63) is 35.9 Å². The van der Waals surface area contributed by atoms with Gasteiger partial charge in [0.15, 0.2) is 0 Å². The molecule has 1 aliphatic heterocycles. The largest absolute Gasteiger partial charge is 0.457 e. The molecule has 1 aromatic rings. The highest BCUT2D eigenvalue weighted by Gasteiger charge is 2.32. The van der Waals surface area contributed by atoms with Crippen LogP contribution in [0.4, 0.5) is 0 Å². The quantitative estimate of drug-likeness (QED) is 0.546. The SMILES string of the molecule is O=C1O[C@H](c2ccccc2)C[C@@H]1S. The second-order valence-corrected chi connectivity index (χ2v) is 3.71. The highest BCUT2D eigenvalue weighted by atomic mass is 32.1. The molecule has 0 amide bonds. The fourth-order valence-corrected chi connectivity index (χ4v) is 1.69. The van der Waals surface area contributed by atoms with Gasteiger partial charge in [0.05, 0.1) is 0 Å². The van der Waals surface area contributed by atoms with Crippen molar-refractivity contribution in [3.63, 3.8) is 0 Å². The van der Waals surface area contributed by atoms with E-state index < -0.39 is 0 Å². The molecule has 68 valence electrons. The summed E-state index contributed by atoms with van der Waals surface area (Å²) >= 11 is 4.12. The monoisotopic (exact) mass is 194 g/mol. The number of hydrogen-bond donors (Lipinski definition) is 1. The van der Waals surface area contributed by atoms with Gasteiger partial charge in [0.25, 0.3) is 0 Å². The van der Waals surface area contributed by atoms with Crippen LogP contribution in [0.25, 0.3) is 0 Å². The summed E-state index contributed by atoms with van der Waals surface area (Å²) < 4.78 is 5.14. The normalized spacial score (nSPS) is 27.3. The molecule has 0 unspecified atom stereocenters. The van der Waals surface area contributed by atoms with Gasteiger partial charge in [-0.3, -0.25) is 4.79 Å². The van der Waals surface area contributed by atoms with Crippen LogP contribution in [0, 0.1) is 0 Å². The molecule has 0 bridgehead atoms. The summed E-state index contributed by atoms with van der Waals surface area (Å²) in [6, 6.07) is 9.75. The van der Waals surface area contributed by atoms with Gasteiger partial charge in [-0.2, -0.15) is 12.6 Å². The summed E-state index contributed by atoms with van der Waals surface area (Å²) in [5.74, 6) is -0.211. The third-order valence-electron chi connectivity index (χ3n) is 2.14. The van der Waals surface area contributed by atoms with Crippen LogP contribution in [-0.2, 0) is 9.53 Å². The molecular weight excluding hydrogens is 184 g/mol. The van der Waals surface area contributed by atoms with Crippen LogP contribution in [0.5, 0.6) is 0 Å². The maximum atomic E-state index is 11.1. The van der Waals surface area contributed by atoms with Crippen LogP contribution < -0.4 is 0 Å². The minimum Gasteiger partial charge on any atom is -0.457 e. The lowest BCUT2D eigenvalue weighted by molar-refractivity contribution is -0.141. The average molecular weight is 194 g/mol. The molecule has 0 aliphatic carbocycles. The van der Waals surface area contributed by atoms with Gasteiger partial charge in [0.2, 0.25) is 0 Å². The average Bonchev–Trinajstić information content (AvgIpc) is 2.49. The Balaban J connectivity index is 2.17. The first kappa shape index (κ1) is 8.63. The number of rotatable bonds is 1. The first-order valence-electron chi connectivity index (χ1n) is 4.21. The number of benzene rings is 1. The minimum absolute atomic E-state index is 0.101. The molecule has 1 heterocycles. The molecule has 0 aromatic heterocycles. The molecule has 0 radical (unpaired) electrons. The van der Waals surface area contributed by atoms with Gasteiger partial charge >= 0.3 is 5.97 Å². The molecule has 1 fully saturated rings. The van der Waals surface area contributed by atoms with Crippen molar-refractivity contribution < 1.29 is 9.53 Å². The Bertz CT molecular complexity index is 310. The molecule has 2 nitrogen and oxygen atoms in total. The van der Waals surface area contributed by atoms with E-state index in [0.717, 1.165) is 5.56 Å². The fraction of sp³-hybridized carbons (Fsp3) is 0.300. The lowest BCUT2D eigenvalue weighted by Crippen LogP contribution is -2.04. The number of hydrogen-bond acceptors (Lipinski definition) is 3. The van der Waals surface area contributed by atoms with Crippen molar-refractivity contribution in [1.29, 1.82) is 0 Å². The molecule has 1 aliphatic rings. The van der Waals surface area contributed by atoms with Gasteiger partial charge in [0.1, 0.15) is 11.4 Å². The van der Waals surface area contributed by atoms with E-state index >= 15 is 0 Å². The van der Waals surface area contributed by atoms with Gasteiger partial charge < -0.3 is 4.74 Å². The summed E-state index contributed by atoms with van der Waals surface area (Å²) in [7, 11) is 0. The van der Waals surface area contributed by atoms with E-state index in [1.807, 2.05) is 30.3 Å². The highest BCUT2D eigenvalue weighted by molar-refractivity contribution is 7.81. The number of esters is 1. The summed E-state index contributed by atoms with van der Waals surface area (Å²) in [5.41, 5.74) is 1.05. The first-order valence-corrected chi connectivity index (χ1v) is 4.72. The zero-order valence-corrected chi connectivity index (χ0v) is 7.91. The highest BCUT2D eigenvalue weighted by Crippen LogP contribution is 2.31. The summed E-state index contributed by atoms with van der Waals surface area (Å²) in [6.45, 7) is 0. The van der Waals surface area contributed by atoms with Crippen molar-refractivity contribution in [1.82, 2.24) is 0 Å². The lowest BCUT2D eigenvalue weighted by atomic mass is 10.1. The van der Waals surface area contributed by atoms with Crippen LogP contribution in [-0.4, -0.2) is 11.2 Å². The zero-order valence-electron chi connectivity index (χ0n) is 7.01. The van der Waals surface area contributed by atoms with Crippen LogP contribution in [0.3, 0.4) is 0 Å². The Morgan fingerprint density at radius 3 is 2.54 bits per heavy atom. The molecule has 0 saturated carbocycles. The van der Waals surface area contributed by atoms with Crippen molar-refractivity contribution >= 4 is 18.6 Å². The van der Waals surface area contributed by atoms with Crippen molar-refractivity contribution in [2.24, 2.45) is 0 Å². The molecule has 1 saturated heterocycles. The van der Waals surface area contributed by atoms with Crippen molar-refractivity contribution in [2.75, 3.05) is 0 Å². The van der Waals surface area contributed by atoms with Crippen LogP contribution in [0.2, 0.25) is 0 Å². The summed E-state index contributed by atoms with van der Waals surface area (Å²) in [6.07, 6.45) is 0.572. The molecule has 13 heavy (non-hydrogen) atoms. The van der Waals surface area contributed by atoms with E-state index in [1.165, 1.54) is 0 Å². The maximum absolute atomic E-state index is 11.1. The smallest absolute Gasteiger partial charge is 0.319 e. The topological polar surface area (TPSA) is 26.3 Å². The molecule has 2 rings (SSSR count). The standard InChI is InChI=1S/C10H10O2S/c11-10-9(13)6-8(12-10)7-4-2-1-3-5-7/h1-5,8-9,13H,6H2/t8-,9-/m0/s1. The van der Waals surface area contributed by atoms with Crippen molar-refractivity contribution in [2.45, 2.75) is 17.8 Å². The third-order valence-corrected chi connectivity index (χ3v) is 2.56. The predicted octanol–water partition coefficient (Wildman–Crippen LogP) is 1.97. The van der Waals surface area contributed by atoms with E-state index in [4.69, 9.17) is 4.74 Å². The lowest BCUT2D eigenvalue weighted by Gasteiger charge is -2.07. The number of thiol groups is 1. The Hall–Kier alpha value is -0.960. The Morgan fingerprint density at radius 1 is 1.31 bits per heavy atom. The number of carbonyl (C=O) groups excluding carboxylic acids is 1. The van der Waals surface area contributed by atoms with E-state index in [-0.39, 0.29) is 17.3 Å². The number of ether oxygens (including phenoxy) is 1. The van der Waals surface area contributed by atoms with E-state index in [9.17, 15) is 4.79 Å². The number of carbonyl (C=O) groups is 1. The first-order chi connectivity index (χ1) is 6.27. The van der Waals surface area contributed by atoms with Gasteiger partial charge in [0, 0.05) is 6.42 Å². The second-order valence-electron chi connectivity index (χ2n) is 3.09. The maximum Gasteiger partial charge on any atom is 0.319 e. The molecule has 0 N–H and O–H groups in total. The van der Waals surface area contributed by atoms with Crippen LogP contribution in [0.1, 0.15) is 18.1 Å². The van der Waals surface area contributed by atoms with Gasteiger partial charge in [-0.1, -0.05) is 30.3 Å². The van der Waals surface area contributed by atoms with Gasteiger partial charge in [-0.25, -0.2) is 0 Å². The fourth-order valence-electron chi connectivity index (χ4n) is 1.44. The van der Waals surface area contributed by atoms with E-state index in [1.54, 1.807) is 0 Å². The van der Waals surface area contributed by atoms with E-state index in [2.05, 4.69) is 12.6 Å². The molecule has 1 aromatic carbocycles. The molecule has 0 spiro atoms. The Labute approximate surface area is 82.3 Å². The minimum atomic E-state index is -0.259. The number of cyclic esters (lactones) is 1. The molecular formula is C10H10O2S. The Morgan fingerprint density at radius 2 is 2.00 bits per heavy atom. The summed E-state index contributed by atoms with van der Waals surface area (Å²) in [4.78, 5) is 11.1.